The third kappa shape index (κ3) is 4.00. The molecule has 0 aliphatic heterocycles. The topological polar surface area (TPSA) is 86.5 Å². The molecule has 0 bridgehead atoms. The molecule has 3 rings (SSSR count). The highest BCUT2D eigenvalue weighted by Gasteiger charge is 2.13. The highest BCUT2D eigenvalue weighted by Crippen LogP contribution is 2.24. The molecule has 2 aromatic carbocycles. The SMILES string of the molecule is COc1cccc(-c2nnc(NC(=O)Cc3ccc(OC)c(C)c3)o2)c1. The first-order valence-corrected chi connectivity index (χ1v) is 8.00. The van der Waals surface area contributed by atoms with Gasteiger partial charge in [-0.25, -0.2) is 0 Å². The van der Waals surface area contributed by atoms with Crippen molar-refractivity contribution < 1.29 is 18.7 Å². The van der Waals surface area contributed by atoms with E-state index in [9.17, 15) is 4.79 Å². The van der Waals surface area contributed by atoms with Crippen LogP contribution in [0, 0.1) is 6.92 Å². The summed E-state index contributed by atoms with van der Waals surface area (Å²) in [6.45, 7) is 1.93. The summed E-state index contributed by atoms with van der Waals surface area (Å²) in [5.74, 6) is 1.53. The van der Waals surface area contributed by atoms with E-state index in [4.69, 9.17) is 13.9 Å². The first-order chi connectivity index (χ1) is 12.6. The van der Waals surface area contributed by atoms with Gasteiger partial charge < -0.3 is 13.9 Å². The number of amides is 1. The number of nitrogens with one attached hydrogen (secondary N) is 1. The highest BCUT2D eigenvalue weighted by atomic mass is 16.5. The Morgan fingerprint density at radius 2 is 1.96 bits per heavy atom. The number of anilines is 1. The van der Waals surface area contributed by atoms with Crippen molar-refractivity contribution in [2.24, 2.45) is 0 Å². The third-order valence-corrected chi connectivity index (χ3v) is 3.81. The first kappa shape index (κ1) is 17.5. The Bertz CT molecular complexity index is 921. The van der Waals surface area contributed by atoms with Crippen LogP contribution in [0.15, 0.2) is 46.9 Å². The molecule has 1 N–H and O–H groups in total. The molecule has 0 aliphatic carbocycles. The minimum atomic E-state index is -0.240. The van der Waals surface area contributed by atoms with E-state index in [1.165, 1.54) is 0 Å². The van der Waals surface area contributed by atoms with Crippen molar-refractivity contribution in [3.8, 4) is 23.0 Å². The van der Waals surface area contributed by atoms with Gasteiger partial charge in [-0.05, 0) is 42.3 Å². The van der Waals surface area contributed by atoms with E-state index in [2.05, 4.69) is 15.5 Å². The van der Waals surface area contributed by atoms with E-state index >= 15 is 0 Å². The molecular formula is C19H19N3O4. The third-order valence-electron chi connectivity index (χ3n) is 3.81. The summed E-state index contributed by atoms with van der Waals surface area (Å²) >= 11 is 0. The van der Waals surface area contributed by atoms with Crippen molar-refractivity contribution in [3.05, 3.63) is 53.6 Å². The van der Waals surface area contributed by atoms with Gasteiger partial charge in [-0.15, -0.1) is 5.10 Å². The number of methoxy groups -OCH3 is 2. The Hall–Kier alpha value is -3.35. The van der Waals surface area contributed by atoms with Crippen LogP contribution in [0.5, 0.6) is 11.5 Å². The average molecular weight is 353 g/mol. The summed E-state index contributed by atoms with van der Waals surface area (Å²) in [5.41, 5.74) is 2.55. The van der Waals surface area contributed by atoms with Crippen LogP contribution in [-0.4, -0.2) is 30.3 Å². The van der Waals surface area contributed by atoms with Crippen LogP contribution in [0.25, 0.3) is 11.5 Å². The largest absolute Gasteiger partial charge is 0.497 e. The smallest absolute Gasteiger partial charge is 0.322 e. The lowest BCUT2D eigenvalue weighted by molar-refractivity contribution is -0.115. The van der Waals surface area contributed by atoms with Crippen molar-refractivity contribution in [3.63, 3.8) is 0 Å². The number of aryl methyl sites for hydroxylation is 1. The summed E-state index contributed by atoms with van der Waals surface area (Å²) in [6.07, 6.45) is 0.196. The van der Waals surface area contributed by atoms with E-state index in [1.54, 1.807) is 20.3 Å². The summed E-state index contributed by atoms with van der Waals surface area (Å²) in [6, 6.07) is 12.9. The number of benzene rings is 2. The van der Waals surface area contributed by atoms with Crippen LogP contribution in [0.2, 0.25) is 0 Å². The quantitative estimate of drug-likeness (QED) is 0.732. The Labute approximate surface area is 151 Å². The molecule has 0 saturated carbocycles. The average Bonchev–Trinajstić information content (AvgIpc) is 3.10. The number of hydrogen-bond acceptors (Lipinski definition) is 6. The van der Waals surface area contributed by atoms with Crippen LogP contribution in [0.3, 0.4) is 0 Å². The van der Waals surface area contributed by atoms with Gasteiger partial charge in [-0.2, -0.15) is 0 Å². The summed E-state index contributed by atoms with van der Waals surface area (Å²) in [4.78, 5) is 12.2. The molecule has 0 unspecified atom stereocenters. The second-order valence-electron chi connectivity index (χ2n) is 5.67. The number of aromatic nitrogens is 2. The minimum absolute atomic E-state index is 0.0538. The maximum absolute atomic E-state index is 12.2. The zero-order chi connectivity index (χ0) is 18.5. The van der Waals surface area contributed by atoms with Gasteiger partial charge in [0, 0.05) is 5.56 Å². The zero-order valence-electron chi connectivity index (χ0n) is 14.8. The molecule has 1 amide bonds. The van der Waals surface area contributed by atoms with Gasteiger partial charge in [0.2, 0.25) is 11.8 Å². The molecule has 26 heavy (non-hydrogen) atoms. The van der Waals surface area contributed by atoms with Gasteiger partial charge >= 0.3 is 6.01 Å². The second-order valence-corrected chi connectivity index (χ2v) is 5.67. The number of carbonyl (C=O) groups excluding carboxylic acids is 1. The lowest BCUT2D eigenvalue weighted by Gasteiger charge is -2.07. The van der Waals surface area contributed by atoms with Crippen LogP contribution < -0.4 is 14.8 Å². The Balaban J connectivity index is 1.66. The van der Waals surface area contributed by atoms with E-state index < -0.39 is 0 Å². The monoisotopic (exact) mass is 353 g/mol. The van der Waals surface area contributed by atoms with Crippen molar-refractivity contribution >= 4 is 11.9 Å². The number of carbonyl (C=O) groups is 1. The lowest BCUT2D eigenvalue weighted by Crippen LogP contribution is -2.14. The molecule has 134 valence electrons. The summed E-state index contributed by atoms with van der Waals surface area (Å²) in [7, 11) is 3.20. The molecule has 7 heteroatoms. The van der Waals surface area contributed by atoms with Crippen LogP contribution in [0.4, 0.5) is 6.01 Å². The maximum Gasteiger partial charge on any atom is 0.322 e. The van der Waals surface area contributed by atoms with Crippen LogP contribution >= 0.6 is 0 Å². The van der Waals surface area contributed by atoms with E-state index in [-0.39, 0.29) is 18.3 Å². The minimum Gasteiger partial charge on any atom is -0.497 e. The molecule has 0 spiro atoms. The molecule has 3 aromatic rings. The molecule has 1 heterocycles. The van der Waals surface area contributed by atoms with E-state index in [0.29, 0.717) is 17.2 Å². The predicted molar refractivity (Wildman–Crippen MR) is 96.4 cm³/mol. The lowest BCUT2D eigenvalue weighted by atomic mass is 10.1. The van der Waals surface area contributed by atoms with Gasteiger partial charge in [0.15, 0.2) is 0 Å². The molecule has 0 saturated heterocycles. The molecule has 7 nitrogen and oxygen atoms in total. The Morgan fingerprint density at radius 1 is 1.12 bits per heavy atom. The Morgan fingerprint density at radius 3 is 2.69 bits per heavy atom. The van der Waals surface area contributed by atoms with Gasteiger partial charge in [-0.1, -0.05) is 23.3 Å². The van der Waals surface area contributed by atoms with Crippen molar-refractivity contribution in [2.45, 2.75) is 13.3 Å². The van der Waals surface area contributed by atoms with Crippen molar-refractivity contribution in [1.82, 2.24) is 10.2 Å². The fraction of sp³-hybridized carbons (Fsp3) is 0.211. The molecule has 0 atom stereocenters. The van der Waals surface area contributed by atoms with Gasteiger partial charge in [0.05, 0.1) is 20.6 Å². The van der Waals surface area contributed by atoms with E-state index in [0.717, 1.165) is 16.9 Å². The summed E-state index contributed by atoms with van der Waals surface area (Å²) in [5, 5.41) is 10.4. The number of nitrogens with zero attached hydrogens (tertiary/aromatic N) is 2. The highest BCUT2D eigenvalue weighted by molar-refractivity contribution is 5.90. The number of ether oxygens (including phenoxy) is 2. The van der Waals surface area contributed by atoms with Gasteiger partial charge in [0.1, 0.15) is 11.5 Å². The normalized spacial score (nSPS) is 10.4. The van der Waals surface area contributed by atoms with Crippen LogP contribution in [0.1, 0.15) is 11.1 Å². The van der Waals surface area contributed by atoms with Gasteiger partial charge in [-0.3, -0.25) is 10.1 Å². The van der Waals surface area contributed by atoms with Crippen molar-refractivity contribution in [1.29, 1.82) is 0 Å². The molecule has 1 aromatic heterocycles. The van der Waals surface area contributed by atoms with Crippen molar-refractivity contribution in [2.75, 3.05) is 19.5 Å². The predicted octanol–water partition coefficient (Wildman–Crippen LogP) is 3.24. The Kier molecular flexibility index (Phi) is 5.17. The number of rotatable bonds is 6. The molecular weight excluding hydrogens is 334 g/mol. The fourth-order valence-corrected chi connectivity index (χ4v) is 2.55. The molecule has 0 aliphatic rings. The molecule has 0 fully saturated rings. The van der Waals surface area contributed by atoms with E-state index in [1.807, 2.05) is 43.3 Å². The number of hydrogen-bond donors (Lipinski definition) is 1. The van der Waals surface area contributed by atoms with Crippen LogP contribution in [-0.2, 0) is 11.2 Å². The molecule has 0 radical (unpaired) electrons. The zero-order valence-corrected chi connectivity index (χ0v) is 14.8. The standard InChI is InChI=1S/C19H19N3O4/c1-12-9-13(7-8-16(12)25-3)10-17(23)20-19-22-21-18(26-19)14-5-4-6-15(11-14)24-2/h4-9,11H,10H2,1-3H3,(H,20,22,23). The fourth-order valence-electron chi connectivity index (χ4n) is 2.55. The van der Waals surface area contributed by atoms with Gasteiger partial charge in [0.25, 0.3) is 0 Å². The second kappa shape index (κ2) is 7.69. The maximum atomic E-state index is 12.2. The first-order valence-electron chi connectivity index (χ1n) is 8.00. The summed E-state index contributed by atoms with van der Waals surface area (Å²) < 4.78 is 15.9.